The molecule has 0 fully saturated rings. The van der Waals surface area contributed by atoms with Crippen LogP contribution in [0, 0.1) is 0 Å². The van der Waals surface area contributed by atoms with Crippen molar-refractivity contribution in [3.63, 3.8) is 0 Å². The monoisotopic (exact) mass is 349 g/mol. The minimum atomic E-state index is -4.64. The van der Waals surface area contributed by atoms with Crippen molar-refractivity contribution in [2.75, 3.05) is 12.5 Å². The summed E-state index contributed by atoms with van der Waals surface area (Å²) in [6, 6.07) is 9.85. The first-order valence-corrected chi connectivity index (χ1v) is 7.99. The molecule has 8 nitrogen and oxygen atoms in total. The van der Waals surface area contributed by atoms with E-state index in [2.05, 4.69) is 10.5 Å². The van der Waals surface area contributed by atoms with Gasteiger partial charge >= 0.3 is 5.97 Å². The lowest BCUT2D eigenvalue weighted by Gasteiger charge is -2.10. The van der Waals surface area contributed by atoms with Crippen LogP contribution in [0.1, 0.15) is 15.9 Å². The summed E-state index contributed by atoms with van der Waals surface area (Å²) in [7, 11) is -3.23. The zero-order valence-corrected chi connectivity index (χ0v) is 13.3. The minimum absolute atomic E-state index is 0.0729. The highest BCUT2D eigenvalue weighted by Crippen LogP contribution is 2.22. The Hall–Kier alpha value is -2.91. The number of nitrogens with zero attached hydrogens (tertiary/aromatic N) is 1. The van der Waals surface area contributed by atoms with Crippen molar-refractivity contribution in [3.05, 3.63) is 53.6 Å². The fourth-order valence-corrected chi connectivity index (χ4v) is 2.57. The molecule has 2 N–H and O–H groups in total. The van der Waals surface area contributed by atoms with Crippen molar-refractivity contribution in [2.45, 2.75) is 4.90 Å². The molecule has 2 aromatic carbocycles. The second-order valence-corrected chi connectivity index (χ2v) is 5.93. The third-order valence-electron chi connectivity index (χ3n) is 3.03. The van der Waals surface area contributed by atoms with Gasteiger partial charge in [-0.15, -0.1) is 0 Å². The molecule has 0 aromatic heterocycles. The molecule has 126 valence electrons. The van der Waals surface area contributed by atoms with Gasteiger partial charge < -0.3 is 14.4 Å². The molecule has 0 aliphatic carbocycles. The van der Waals surface area contributed by atoms with Crippen molar-refractivity contribution in [3.8, 4) is 5.75 Å². The molecule has 0 aliphatic heterocycles. The van der Waals surface area contributed by atoms with Crippen LogP contribution in [0.3, 0.4) is 0 Å². The lowest BCUT2D eigenvalue weighted by Crippen LogP contribution is -2.05. The molecule has 0 saturated carbocycles. The number of carbonyl (C=O) groups is 1. The van der Waals surface area contributed by atoms with E-state index in [-0.39, 0.29) is 16.8 Å². The Morgan fingerprint density at radius 2 is 2.00 bits per heavy atom. The van der Waals surface area contributed by atoms with Crippen molar-refractivity contribution < 1.29 is 27.6 Å². The Morgan fingerprint density at radius 1 is 1.29 bits per heavy atom. The lowest BCUT2D eigenvalue weighted by atomic mass is 10.1. The number of rotatable bonds is 6. The van der Waals surface area contributed by atoms with Crippen LogP contribution in [0.15, 0.2) is 52.5 Å². The van der Waals surface area contributed by atoms with Crippen molar-refractivity contribution in [1.82, 2.24) is 0 Å². The molecule has 0 unspecified atom stereocenters. The first-order chi connectivity index (χ1) is 11.3. The van der Waals surface area contributed by atoms with Crippen molar-refractivity contribution >= 4 is 28.0 Å². The number of hydrogen-bond donors (Lipinski definition) is 2. The van der Waals surface area contributed by atoms with Gasteiger partial charge in [0.25, 0.3) is 0 Å². The Balaban J connectivity index is 2.29. The van der Waals surface area contributed by atoms with Gasteiger partial charge in [0.2, 0.25) is 0 Å². The number of hydrogen-bond acceptors (Lipinski definition) is 7. The maximum atomic E-state index is 11.2. The van der Waals surface area contributed by atoms with E-state index >= 15 is 0 Å². The van der Waals surface area contributed by atoms with Gasteiger partial charge in [0.1, 0.15) is 15.9 Å². The second-order valence-electron chi connectivity index (χ2n) is 4.58. The van der Waals surface area contributed by atoms with Gasteiger partial charge in [-0.1, -0.05) is 18.2 Å². The maximum absolute atomic E-state index is 11.2. The highest BCUT2D eigenvalue weighted by Gasteiger charge is 2.11. The largest absolute Gasteiger partial charge is 0.744 e. The van der Waals surface area contributed by atoms with Crippen LogP contribution in [-0.4, -0.2) is 37.4 Å². The molecule has 0 aliphatic rings. The molecule has 0 saturated heterocycles. The summed E-state index contributed by atoms with van der Waals surface area (Å²) in [5, 5.41) is 13.0. The topological polar surface area (TPSA) is 128 Å². The average molecular weight is 349 g/mol. The van der Waals surface area contributed by atoms with E-state index in [0.29, 0.717) is 5.75 Å². The molecule has 0 heterocycles. The van der Waals surface area contributed by atoms with Crippen LogP contribution in [-0.2, 0) is 10.1 Å². The Labute approximate surface area is 138 Å². The Bertz CT molecular complexity index is 893. The summed E-state index contributed by atoms with van der Waals surface area (Å²) in [5.74, 6) is -0.821. The number of anilines is 1. The standard InChI is InChI=1S/C15H14N2O6S/c1-23-11-6-7-13(12(8-11)15(18)19)17-16-9-10-4-2-3-5-14(10)24(20,21)22/h2-9,17H,1H3,(H,18,19)(H,20,21,22)/p-1/b16-9+. The molecule has 2 rings (SSSR count). The summed E-state index contributed by atoms with van der Waals surface area (Å²) < 4.78 is 38.5. The molecular formula is C15H13N2O6S-. The number of aromatic carboxylic acids is 1. The first-order valence-electron chi connectivity index (χ1n) is 6.58. The van der Waals surface area contributed by atoms with E-state index in [4.69, 9.17) is 4.74 Å². The number of carboxylic acids is 1. The quantitative estimate of drug-likeness (QED) is 0.462. The van der Waals surface area contributed by atoms with E-state index in [1.165, 1.54) is 37.4 Å². The van der Waals surface area contributed by atoms with Crippen LogP contribution in [0.5, 0.6) is 5.75 Å². The predicted molar refractivity (Wildman–Crippen MR) is 85.6 cm³/mol. The summed E-state index contributed by atoms with van der Waals surface area (Å²) >= 11 is 0. The molecular weight excluding hydrogens is 336 g/mol. The van der Waals surface area contributed by atoms with Gasteiger partial charge in [0, 0.05) is 5.56 Å². The number of nitrogens with one attached hydrogen (secondary N) is 1. The third kappa shape index (κ3) is 4.09. The summed E-state index contributed by atoms with van der Waals surface area (Å²) in [4.78, 5) is 10.8. The molecule has 0 radical (unpaired) electrons. The first kappa shape index (κ1) is 17.4. The average Bonchev–Trinajstić information content (AvgIpc) is 2.54. The second kappa shape index (κ2) is 7.11. The molecule has 0 bridgehead atoms. The van der Waals surface area contributed by atoms with Gasteiger partial charge in [0.15, 0.2) is 0 Å². The highest BCUT2D eigenvalue weighted by molar-refractivity contribution is 7.85. The lowest BCUT2D eigenvalue weighted by molar-refractivity contribution is 0.0697. The fraction of sp³-hybridized carbons (Fsp3) is 0.0667. The van der Waals surface area contributed by atoms with Crippen LogP contribution >= 0.6 is 0 Å². The summed E-state index contributed by atoms with van der Waals surface area (Å²) in [6.45, 7) is 0. The number of carboxylic acid groups (broad SMARTS) is 1. The molecule has 0 atom stereocenters. The number of ether oxygens (including phenoxy) is 1. The molecule has 2 aromatic rings. The predicted octanol–water partition coefficient (Wildman–Crippen LogP) is 1.74. The number of methoxy groups -OCH3 is 1. The normalized spacial score (nSPS) is 11.4. The Morgan fingerprint density at radius 3 is 2.62 bits per heavy atom. The van der Waals surface area contributed by atoms with Gasteiger partial charge in [-0.2, -0.15) is 5.10 Å². The summed E-state index contributed by atoms with van der Waals surface area (Å²) in [5.41, 5.74) is 2.71. The van der Waals surface area contributed by atoms with Gasteiger partial charge in [-0.25, -0.2) is 13.2 Å². The Kier molecular flexibility index (Phi) is 5.17. The SMILES string of the molecule is COc1ccc(N/N=C/c2ccccc2S(=O)(=O)[O-])c(C(=O)O)c1. The fourth-order valence-electron chi connectivity index (χ4n) is 1.91. The van der Waals surface area contributed by atoms with Crippen molar-refractivity contribution in [1.29, 1.82) is 0 Å². The number of hydrazone groups is 1. The van der Waals surface area contributed by atoms with Crippen LogP contribution in [0.4, 0.5) is 5.69 Å². The van der Waals surface area contributed by atoms with Gasteiger partial charge in [-0.3, -0.25) is 5.43 Å². The van der Waals surface area contributed by atoms with E-state index < -0.39 is 21.0 Å². The molecule has 9 heteroatoms. The van der Waals surface area contributed by atoms with Gasteiger partial charge in [-0.05, 0) is 24.3 Å². The van der Waals surface area contributed by atoms with Gasteiger partial charge in [0.05, 0.1) is 29.5 Å². The summed E-state index contributed by atoms with van der Waals surface area (Å²) in [6.07, 6.45) is 1.13. The minimum Gasteiger partial charge on any atom is -0.744 e. The van der Waals surface area contributed by atoms with E-state index in [0.717, 1.165) is 6.21 Å². The van der Waals surface area contributed by atoms with Crippen LogP contribution < -0.4 is 10.2 Å². The van der Waals surface area contributed by atoms with Crippen LogP contribution in [0.25, 0.3) is 0 Å². The third-order valence-corrected chi connectivity index (χ3v) is 3.94. The zero-order valence-electron chi connectivity index (χ0n) is 12.5. The zero-order chi connectivity index (χ0) is 17.7. The van der Waals surface area contributed by atoms with E-state index in [1.54, 1.807) is 12.1 Å². The van der Waals surface area contributed by atoms with E-state index in [1.807, 2.05) is 0 Å². The smallest absolute Gasteiger partial charge is 0.338 e. The number of benzene rings is 2. The van der Waals surface area contributed by atoms with E-state index in [9.17, 15) is 22.9 Å². The molecule has 24 heavy (non-hydrogen) atoms. The van der Waals surface area contributed by atoms with Crippen LogP contribution in [0.2, 0.25) is 0 Å². The molecule has 0 spiro atoms. The molecule has 0 amide bonds. The van der Waals surface area contributed by atoms with Crippen molar-refractivity contribution in [2.24, 2.45) is 5.10 Å². The highest BCUT2D eigenvalue weighted by atomic mass is 32.2. The maximum Gasteiger partial charge on any atom is 0.338 e.